The van der Waals surface area contributed by atoms with Crippen molar-refractivity contribution in [1.29, 1.82) is 0 Å². The molecule has 2 rings (SSSR count). The average molecular weight is 367 g/mol. The van der Waals surface area contributed by atoms with E-state index in [1.807, 2.05) is 24.3 Å². The van der Waals surface area contributed by atoms with Crippen LogP contribution >= 0.6 is 11.6 Å². The number of hydrogen-bond acceptors (Lipinski definition) is 4. The van der Waals surface area contributed by atoms with Crippen molar-refractivity contribution in [2.45, 2.75) is 56.1 Å². The first-order valence-corrected chi connectivity index (χ1v) is 9.24. The summed E-state index contributed by atoms with van der Waals surface area (Å²) >= 11 is 6.48. The number of alkyl halides is 1. The molecule has 2 N–H and O–H groups in total. The Morgan fingerprint density at radius 1 is 1.32 bits per heavy atom. The third kappa shape index (κ3) is 5.56. The Morgan fingerprint density at radius 2 is 2.04 bits per heavy atom. The van der Waals surface area contributed by atoms with E-state index in [0.717, 1.165) is 30.4 Å². The second-order valence-electron chi connectivity index (χ2n) is 6.58. The number of aliphatic hydroxyl groups is 2. The van der Waals surface area contributed by atoms with Gasteiger partial charge in [-0.2, -0.15) is 0 Å². The van der Waals surface area contributed by atoms with Gasteiger partial charge in [0.1, 0.15) is 0 Å². The molecule has 1 aromatic rings. The summed E-state index contributed by atoms with van der Waals surface area (Å²) < 4.78 is 4.62. The van der Waals surface area contributed by atoms with E-state index in [1.54, 1.807) is 0 Å². The molecule has 1 fully saturated rings. The minimum atomic E-state index is -0.444. The Balaban J connectivity index is 1.93. The molecular weight excluding hydrogens is 340 g/mol. The molecular formula is C20H27ClO4. The highest BCUT2D eigenvalue weighted by Crippen LogP contribution is 2.44. The minimum Gasteiger partial charge on any atom is -0.469 e. The van der Waals surface area contributed by atoms with Gasteiger partial charge in [-0.25, -0.2) is 0 Å². The van der Waals surface area contributed by atoms with Crippen molar-refractivity contribution in [3.63, 3.8) is 0 Å². The van der Waals surface area contributed by atoms with Gasteiger partial charge in [-0.15, -0.1) is 11.6 Å². The van der Waals surface area contributed by atoms with E-state index in [0.29, 0.717) is 12.8 Å². The number of esters is 1. The van der Waals surface area contributed by atoms with Crippen LogP contribution in [-0.4, -0.2) is 34.8 Å². The zero-order valence-electron chi connectivity index (χ0n) is 14.6. The zero-order valence-corrected chi connectivity index (χ0v) is 15.4. The fourth-order valence-corrected chi connectivity index (χ4v) is 3.95. The Bertz CT molecular complexity index is 570. The van der Waals surface area contributed by atoms with Crippen molar-refractivity contribution in [2.24, 2.45) is 5.92 Å². The van der Waals surface area contributed by atoms with E-state index in [4.69, 9.17) is 16.7 Å². The van der Waals surface area contributed by atoms with E-state index in [1.165, 1.54) is 7.11 Å². The van der Waals surface area contributed by atoms with Crippen LogP contribution in [0.4, 0.5) is 0 Å². The monoisotopic (exact) mass is 366 g/mol. The van der Waals surface area contributed by atoms with E-state index in [2.05, 4.69) is 16.9 Å². The lowest BCUT2D eigenvalue weighted by molar-refractivity contribution is -0.140. The topological polar surface area (TPSA) is 66.8 Å². The number of allylic oxidation sites excluding steroid dienone is 2. The number of unbranched alkanes of at least 4 members (excludes halogenated alkanes) is 1. The van der Waals surface area contributed by atoms with E-state index in [9.17, 15) is 9.90 Å². The summed E-state index contributed by atoms with van der Waals surface area (Å²) in [7, 11) is 1.40. The lowest BCUT2D eigenvalue weighted by Crippen LogP contribution is -2.18. The number of aliphatic hydroxyl groups excluding tert-OH is 2. The number of hydrogen-bond donors (Lipinski definition) is 2. The first-order chi connectivity index (χ1) is 12.1. The smallest absolute Gasteiger partial charge is 0.305 e. The number of carbonyl (C=O) groups is 1. The van der Waals surface area contributed by atoms with Gasteiger partial charge in [0.05, 0.1) is 19.8 Å². The predicted octanol–water partition coefficient (Wildman–Crippen LogP) is 3.54. The van der Waals surface area contributed by atoms with Gasteiger partial charge in [0.25, 0.3) is 0 Å². The van der Waals surface area contributed by atoms with Gasteiger partial charge in [-0.1, -0.05) is 36.4 Å². The maximum absolute atomic E-state index is 11.1. The fourth-order valence-electron chi connectivity index (χ4n) is 3.51. The molecule has 0 spiro atoms. The molecule has 4 atom stereocenters. The summed E-state index contributed by atoms with van der Waals surface area (Å²) in [6, 6.07) is 7.73. The van der Waals surface area contributed by atoms with Gasteiger partial charge >= 0.3 is 5.97 Å². The molecule has 0 unspecified atom stereocenters. The molecule has 0 aliphatic heterocycles. The fraction of sp³-hybridized carbons (Fsp3) is 0.550. The highest BCUT2D eigenvalue weighted by Gasteiger charge is 2.41. The first-order valence-electron chi connectivity index (χ1n) is 8.80. The second kappa shape index (κ2) is 9.95. The molecule has 1 aliphatic carbocycles. The van der Waals surface area contributed by atoms with Crippen molar-refractivity contribution in [2.75, 3.05) is 7.11 Å². The van der Waals surface area contributed by atoms with Crippen molar-refractivity contribution in [3.05, 3.63) is 47.5 Å². The summed E-state index contributed by atoms with van der Waals surface area (Å²) in [5, 5.41) is 19.5. The second-order valence-corrected chi connectivity index (χ2v) is 7.14. The number of ether oxygens (including phenoxy) is 1. The van der Waals surface area contributed by atoms with E-state index < -0.39 is 6.10 Å². The molecule has 0 saturated heterocycles. The molecule has 1 saturated carbocycles. The largest absolute Gasteiger partial charge is 0.469 e. The number of methoxy groups -OCH3 is 1. The average Bonchev–Trinajstić information content (AvgIpc) is 2.91. The Morgan fingerprint density at radius 3 is 2.68 bits per heavy atom. The van der Waals surface area contributed by atoms with Crippen LogP contribution in [0, 0.1) is 5.92 Å². The van der Waals surface area contributed by atoms with Crippen LogP contribution < -0.4 is 0 Å². The lowest BCUT2D eigenvalue weighted by Gasteiger charge is -2.23. The molecule has 0 amide bonds. The molecule has 5 heteroatoms. The van der Waals surface area contributed by atoms with Gasteiger partial charge in [0.15, 0.2) is 0 Å². The molecule has 138 valence electrons. The number of benzene rings is 1. The molecule has 1 aromatic carbocycles. The maximum atomic E-state index is 11.1. The van der Waals surface area contributed by atoms with Gasteiger partial charge in [-0.3, -0.25) is 4.79 Å². The van der Waals surface area contributed by atoms with Crippen LogP contribution in [-0.2, 0) is 16.1 Å². The quantitative estimate of drug-likeness (QED) is 0.319. The highest BCUT2D eigenvalue weighted by atomic mass is 35.5. The molecule has 0 heterocycles. The van der Waals surface area contributed by atoms with E-state index in [-0.39, 0.29) is 29.8 Å². The highest BCUT2D eigenvalue weighted by molar-refractivity contribution is 6.21. The van der Waals surface area contributed by atoms with Crippen molar-refractivity contribution in [3.8, 4) is 0 Å². The van der Waals surface area contributed by atoms with Gasteiger partial charge in [0.2, 0.25) is 0 Å². The van der Waals surface area contributed by atoms with Crippen LogP contribution in [0.5, 0.6) is 0 Å². The number of halogens is 1. The standard InChI is InChI=1S/C20H27ClO4/c1-25-19(24)7-5-3-2-4-6-16-17(21)12-18(23)20(16)15-10-8-14(13-22)9-11-15/h2,4,8-11,16-18,20,22-23H,3,5-7,12-13H2,1H3/b4-2-/t16-,17-,18+,20+/m0/s1. The van der Waals surface area contributed by atoms with Crippen molar-refractivity contribution >= 4 is 17.6 Å². The first kappa shape index (κ1) is 20.0. The summed E-state index contributed by atoms with van der Waals surface area (Å²) in [4.78, 5) is 11.1. The van der Waals surface area contributed by atoms with Gasteiger partial charge in [-0.05, 0) is 42.7 Å². The molecule has 1 aliphatic rings. The molecule has 25 heavy (non-hydrogen) atoms. The van der Waals surface area contributed by atoms with Gasteiger partial charge in [0, 0.05) is 17.7 Å². The maximum Gasteiger partial charge on any atom is 0.305 e. The van der Waals surface area contributed by atoms with Crippen molar-refractivity contribution in [1.82, 2.24) is 0 Å². The van der Waals surface area contributed by atoms with Gasteiger partial charge < -0.3 is 14.9 Å². The summed E-state index contributed by atoms with van der Waals surface area (Å²) in [6.45, 7) is 0.0172. The van der Waals surface area contributed by atoms with Crippen LogP contribution in [0.15, 0.2) is 36.4 Å². The van der Waals surface area contributed by atoms with Crippen molar-refractivity contribution < 1.29 is 19.7 Å². The SMILES string of the molecule is COC(=O)CCC/C=C\C[C@@H]1[C@@H](c2ccc(CO)cc2)[C@H](O)C[C@@H]1Cl. The molecule has 4 nitrogen and oxygen atoms in total. The molecule has 0 aromatic heterocycles. The zero-order chi connectivity index (χ0) is 18.2. The lowest BCUT2D eigenvalue weighted by atomic mass is 9.85. The molecule has 0 bridgehead atoms. The summed E-state index contributed by atoms with van der Waals surface area (Å²) in [6.07, 6.45) is 7.15. The Labute approximate surface area is 154 Å². The number of carbonyl (C=O) groups excluding carboxylic acids is 1. The van der Waals surface area contributed by atoms with Crippen LogP contribution in [0.25, 0.3) is 0 Å². The Kier molecular flexibility index (Phi) is 7.94. The van der Waals surface area contributed by atoms with Crippen LogP contribution in [0.2, 0.25) is 0 Å². The third-order valence-electron chi connectivity index (χ3n) is 4.91. The third-order valence-corrected chi connectivity index (χ3v) is 5.41. The van der Waals surface area contributed by atoms with Crippen LogP contribution in [0.1, 0.15) is 49.1 Å². The molecule has 0 radical (unpaired) electrons. The minimum absolute atomic E-state index is 0.00922. The number of rotatable bonds is 8. The Hall–Kier alpha value is -1.36. The predicted molar refractivity (Wildman–Crippen MR) is 98.5 cm³/mol. The van der Waals surface area contributed by atoms with E-state index >= 15 is 0 Å². The van der Waals surface area contributed by atoms with Crippen LogP contribution in [0.3, 0.4) is 0 Å². The summed E-state index contributed by atoms with van der Waals surface area (Å²) in [5.74, 6) is 0.00277. The normalized spacial score (nSPS) is 26.2. The summed E-state index contributed by atoms with van der Waals surface area (Å²) in [5.41, 5.74) is 1.93.